The van der Waals surface area contributed by atoms with Crippen LogP contribution in [0.3, 0.4) is 0 Å². The van der Waals surface area contributed by atoms with Crippen molar-refractivity contribution in [3.63, 3.8) is 0 Å². The number of nitrogens with zero attached hydrogens (tertiary/aromatic N) is 2. The van der Waals surface area contributed by atoms with Crippen LogP contribution in [0.25, 0.3) is 0 Å². The van der Waals surface area contributed by atoms with E-state index < -0.39 is 0 Å². The second-order valence-electron chi connectivity index (χ2n) is 7.00. The molecular weight excluding hydrogens is 334 g/mol. The number of hydrogen-bond acceptors (Lipinski definition) is 6. The minimum absolute atomic E-state index is 0.131. The summed E-state index contributed by atoms with van der Waals surface area (Å²) in [4.78, 5) is 16.6. The summed E-state index contributed by atoms with van der Waals surface area (Å²) < 4.78 is 15.9. The van der Waals surface area contributed by atoms with Crippen molar-refractivity contribution in [3.8, 4) is 5.75 Å². The summed E-state index contributed by atoms with van der Waals surface area (Å²) in [5.41, 5.74) is 0.471. The molecule has 0 fully saturated rings. The summed E-state index contributed by atoms with van der Waals surface area (Å²) in [6.07, 6.45) is 1.43. The van der Waals surface area contributed by atoms with Crippen molar-refractivity contribution < 1.29 is 18.8 Å². The fourth-order valence-corrected chi connectivity index (χ4v) is 2.18. The SMILES string of the molecule is COCCCOc1ccccc1NC(=O)CCc1nc(C(C)(C)C)no1. The molecule has 0 atom stereocenters. The molecule has 2 rings (SSSR count). The van der Waals surface area contributed by atoms with Crippen molar-refractivity contribution in [3.05, 3.63) is 36.0 Å². The smallest absolute Gasteiger partial charge is 0.227 e. The zero-order valence-electron chi connectivity index (χ0n) is 15.9. The van der Waals surface area contributed by atoms with Gasteiger partial charge in [-0.25, -0.2) is 0 Å². The molecule has 0 bridgehead atoms. The topological polar surface area (TPSA) is 86.5 Å². The van der Waals surface area contributed by atoms with Crippen LogP contribution in [0.4, 0.5) is 5.69 Å². The molecular formula is C19H27N3O4. The van der Waals surface area contributed by atoms with Gasteiger partial charge < -0.3 is 19.3 Å². The molecule has 1 aromatic heterocycles. The van der Waals surface area contributed by atoms with Gasteiger partial charge in [-0.15, -0.1) is 0 Å². The largest absolute Gasteiger partial charge is 0.491 e. The van der Waals surface area contributed by atoms with Crippen molar-refractivity contribution >= 4 is 11.6 Å². The number of methoxy groups -OCH3 is 1. The van der Waals surface area contributed by atoms with Crippen LogP contribution in [0.1, 0.15) is 45.3 Å². The van der Waals surface area contributed by atoms with Crippen LogP contribution >= 0.6 is 0 Å². The maximum Gasteiger partial charge on any atom is 0.227 e. The first kappa shape index (κ1) is 19.9. The average molecular weight is 361 g/mol. The summed E-state index contributed by atoms with van der Waals surface area (Å²) in [6.45, 7) is 7.20. The quantitative estimate of drug-likeness (QED) is 0.689. The third-order valence-corrected chi connectivity index (χ3v) is 3.62. The van der Waals surface area contributed by atoms with Crippen molar-refractivity contribution in [2.45, 2.75) is 45.4 Å². The number of carbonyl (C=O) groups excluding carboxylic acids is 1. The molecule has 1 aromatic carbocycles. The van der Waals surface area contributed by atoms with E-state index in [1.165, 1.54) is 0 Å². The van der Waals surface area contributed by atoms with Gasteiger partial charge in [0.15, 0.2) is 5.82 Å². The van der Waals surface area contributed by atoms with Crippen molar-refractivity contribution in [1.29, 1.82) is 0 Å². The minimum Gasteiger partial charge on any atom is -0.491 e. The van der Waals surface area contributed by atoms with Gasteiger partial charge in [-0.1, -0.05) is 38.1 Å². The monoisotopic (exact) mass is 361 g/mol. The number of ether oxygens (including phenoxy) is 2. The van der Waals surface area contributed by atoms with Gasteiger partial charge in [0, 0.05) is 38.4 Å². The first-order chi connectivity index (χ1) is 12.4. The third-order valence-electron chi connectivity index (χ3n) is 3.62. The van der Waals surface area contributed by atoms with Gasteiger partial charge in [0.25, 0.3) is 0 Å². The summed E-state index contributed by atoms with van der Waals surface area (Å²) in [5, 5.41) is 6.84. The molecule has 1 amide bonds. The van der Waals surface area contributed by atoms with E-state index in [4.69, 9.17) is 14.0 Å². The molecule has 0 unspecified atom stereocenters. The van der Waals surface area contributed by atoms with E-state index in [2.05, 4.69) is 15.5 Å². The third kappa shape index (κ3) is 6.15. The Hall–Kier alpha value is -2.41. The zero-order chi connectivity index (χ0) is 19.0. The van der Waals surface area contributed by atoms with Crippen LogP contribution in [-0.4, -0.2) is 36.4 Å². The Morgan fingerprint density at radius 3 is 2.69 bits per heavy atom. The first-order valence-corrected chi connectivity index (χ1v) is 8.74. The molecule has 26 heavy (non-hydrogen) atoms. The number of anilines is 1. The number of amides is 1. The number of nitrogens with one attached hydrogen (secondary N) is 1. The molecule has 0 saturated heterocycles. The van der Waals surface area contributed by atoms with Gasteiger partial charge in [0.1, 0.15) is 5.75 Å². The van der Waals surface area contributed by atoms with Crippen LogP contribution in [0, 0.1) is 0 Å². The molecule has 0 saturated carbocycles. The van der Waals surface area contributed by atoms with E-state index >= 15 is 0 Å². The highest BCUT2D eigenvalue weighted by molar-refractivity contribution is 5.92. The molecule has 0 aliphatic rings. The van der Waals surface area contributed by atoms with Crippen LogP contribution in [0.5, 0.6) is 5.75 Å². The van der Waals surface area contributed by atoms with Gasteiger partial charge in [0.05, 0.1) is 12.3 Å². The lowest BCUT2D eigenvalue weighted by atomic mass is 9.96. The van der Waals surface area contributed by atoms with Crippen LogP contribution < -0.4 is 10.1 Å². The predicted molar refractivity (Wildman–Crippen MR) is 98.4 cm³/mol. The van der Waals surface area contributed by atoms with E-state index in [1.807, 2.05) is 45.0 Å². The van der Waals surface area contributed by atoms with Crippen molar-refractivity contribution in [2.75, 3.05) is 25.6 Å². The molecule has 0 radical (unpaired) electrons. The average Bonchev–Trinajstić information content (AvgIpc) is 3.08. The highest BCUT2D eigenvalue weighted by Gasteiger charge is 2.21. The van der Waals surface area contributed by atoms with Crippen LogP contribution in [0.2, 0.25) is 0 Å². The summed E-state index contributed by atoms with van der Waals surface area (Å²) in [6, 6.07) is 7.36. The number of para-hydroxylation sites is 2. The molecule has 7 nitrogen and oxygen atoms in total. The van der Waals surface area contributed by atoms with Gasteiger partial charge >= 0.3 is 0 Å². The van der Waals surface area contributed by atoms with Gasteiger partial charge in [-0.2, -0.15) is 4.98 Å². The Kier molecular flexibility index (Phi) is 7.15. The van der Waals surface area contributed by atoms with Gasteiger partial charge in [-0.3, -0.25) is 4.79 Å². The lowest BCUT2D eigenvalue weighted by molar-refractivity contribution is -0.116. The number of aromatic nitrogens is 2. The van der Waals surface area contributed by atoms with Crippen molar-refractivity contribution in [2.24, 2.45) is 0 Å². The number of benzene rings is 1. The Balaban J connectivity index is 1.86. The maximum absolute atomic E-state index is 12.2. The molecule has 142 valence electrons. The van der Waals surface area contributed by atoms with Crippen molar-refractivity contribution in [1.82, 2.24) is 10.1 Å². The predicted octanol–water partition coefficient (Wildman–Crippen LogP) is 3.35. The zero-order valence-corrected chi connectivity index (χ0v) is 15.9. The standard InChI is InChI=1S/C19H27N3O4/c1-19(2,3)18-21-17(26-22-18)11-10-16(23)20-14-8-5-6-9-15(14)25-13-7-12-24-4/h5-6,8-9H,7,10-13H2,1-4H3,(H,20,23). The van der Waals surface area contributed by atoms with Gasteiger partial charge in [-0.05, 0) is 12.1 Å². The van der Waals surface area contributed by atoms with Crippen LogP contribution in [0.15, 0.2) is 28.8 Å². The van der Waals surface area contributed by atoms with Crippen LogP contribution in [-0.2, 0) is 21.4 Å². The molecule has 0 aliphatic carbocycles. The second kappa shape index (κ2) is 9.33. The Morgan fingerprint density at radius 2 is 2.00 bits per heavy atom. The minimum atomic E-state index is -0.177. The number of rotatable bonds is 9. The molecule has 0 aliphatic heterocycles. The molecule has 1 heterocycles. The van der Waals surface area contributed by atoms with E-state index in [0.29, 0.717) is 42.8 Å². The number of hydrogen-bond donors (Lipinski definition) is 1. The molecule has 7 heteroatoms. The fourth-order valence-electron chi connectivity index (χ4n) is 2.18. The highest BCUT2D eigenvalue weighted by atomic mass is 16.5. The van der Waals surface area contributed by atoms with E-state index in [9.17, 15) is 4.79 Å². The fraction of sp³-hybridized carbons (Fsp3) is 0.526. The van der Waals surface area contributed by atoms with E-state index in [1.54, 1.807) is 7.11 Å². The Morgan fingerprint density at radius 1 is 1.23 bits per heavy atom. The van der Waals surface area contributed by atoms with Gasteiger partial charge in [0.2, 0.25) is 11.8 Å². The normalized spacial score (nSPS) is 11.4. The molecule has 1 N–H and O–H groups in total. The van der Waals surface area contributed by atoms with E-state index in [0.717, 1.165) is 6.42 Å². The second-order valence-corrected chi connectivity index (χ2v) is 7.00. The summed E-state index contributed by atoms with van der Waals surface area (Å²) in [5.74, 6) is 1.62. The number of carbonyl (C=O) groups is 1. The van der Waals surface area contributed by atoms with E-state index in [-0.39, 0.29) is 17.7 Å². The number of aryl methyl sites for hydroxylation is 1. The highest BCUT2D eigenvalue weighted by Crippen LogP contribution is 2.24. The Labute approximate surface area is 154 Å². The lowest BCUT2D eigenvalue weighted by Crippen LogP contribution is -2.14. The molecule has 0 spiro atoms. The summed E-state index contributed by atoms with van der Waals surface area (Å²) >= 11 is 0. The first-order valence-electron chi connectivity index (χ1n) is 8.74. The summed E-state index contributed by atoms with van der Waals surface area (Å²) in [7, 11) is 1.65. The maximum atomic E-state index is 12.2. The molecule has 2 aromatic rings. The lowest BCUT2D eigenvalue weighted by Gasteiger charge is -2.12. The Bertz CT molecular complexity index is 707.